The van der Waals surface area contributed by atoms with Crippen LogP contribution in [-0.2, 0) is 0 Å². The molecule has 3 aromatic heterocycles. The second kappa shape index (κ2) is 6.58. The van der Waals surface area contributed by atoms with Crippen LogP contribution < -0.4 is 4.74 Å². The number of aromatic nitrogens is 6. The molecule has 0 spiro atoms. The Hall–Kier alpha value is -3.52. The first-order valence-corrected chi connectivity index (χ1v) is 9.52. The van der Waals surface area contributed by atoms with Crippen molar-refractivity contribution in [1.82, 2.24) is 30.0 Å². The fourth-order valence-electron chi connectivity index (χ4n) is 3.03. The van der Waals surface area contributed by atoms with Gasteiger partial charge in [-0.15, -0.1) is 10.2 Å². The Balaban J connectivity index is 1.52. The molecular weight excluding hydrogens is 372 g/mol. The zero-order valence-electron chi connectivity index (χ0n) is 15.2. The summed E-state index contributed by atoms with van der Waals surface area (Å²) in [5, 5.41) is 21.6. The van der Waals surface area contributed by atoms with Gasteiger partial charge in [0.25, 0.3) is 0 Å². The number of rotatable bonds is 4. The normalized spacial score (nSPS) is 11.2. The Morgan fingerprint density at radius 2 is 1.86 bits per heavy atom. The van der Waals surface area contributed by atoms with Crippen molar-refractivity contribution in [3.8, 4) is 39.1 Å². The molecule has 138 valence electrons. The molecule has 0 bridgehead atoms. The lowest BCUT2D eigenvalue weighted by Gasteiger charge is -1.99. The Kier molecular flexibility index (Phi) is 3.91. The predicted molar refractivity (Wildman–Crippen MR) is 108 cm³/mol. The highest BCUT2D eigenvalue weighted by Gasteiger charge is 2.17. The summed E-state index contributed by atoms with van der Waals surface area (Å²) in [6.07, 6.45) is 0. The smallest absolute Gasteiger partial charge is 0.235 e. The molecule has 3 heterocycles. The summed E-state index contributed by atoms with van der Waals surface area (Å²) in [7, 11) is 1.65. The van der Waals surface area contributed by atoms with E-state index in [4.69, 9.17) is 9.84 Å². The summed E-state index contributed by atoms with van der Waals surface area (Å²) in [6, 6.07) is 18.0. The van der Waals surface area contributed by atoms with Gasteiger partial charge in [0, 0.05) is 11.1 Å². The number of hydrogen-bond acceptors (Lipinski definition) is 6. The van der Waals surface area contributed by atoms with Crippen LogP contribution in [0.5, 0.6) is 5.75 Å². The second-order valence-electron chi connectivity index (χ2n) is 6.39. The molecule has 0 unspecified atom stereocenters. The molecular formula is C20H16N6OS. The third-order valence-electron chi connectivity index (χ3n) is 4.46. The number of fused-ring (bicyclic) bond motifs is 1. The van der Waals surface area contributed by atoms with Gasteiger partial charge in [-0.3, -0.25) is 5.10 Å². The third kappa shape index (κ3) is 2.84. The molecule has 0 saturated carbocycles. The standard InChI is InChI=1S/C20H16N6OS/c1-12-4-3-5-14(10-12)19-25-26-18(23-24-20(26)28-19)17-11-16(21-22-17)13-6-8-15(27-2)9-7-13/h3-11H,1-2H3,(H,21,22). The number of nitrogens with zero attached hydrogens (tertiary/aromatic N) is 5. The predicted octanol–water partition coefficient (Wildman–Crippen LogP) is 4.23. The number of hydrogen-bond donors (Lipinski definition) is 1. The summed E-state index contributed by atoms with van der Waals surface area (Å²) in [6.45, 7) is 2.07. The van der Waals surface area contributed by atoms with Crippen LogP contribution in [0, 0.1) is 6.92 Å². The Labute approximate surface area is 164 Å². The largest absolute Gasteiger partial charge is 0.497 e. The molecule has 0 fully saturated rings. The van der Waals surface area contributed by atoms with Crippen molar-refractivity contribution >= 4 is 16.3 Å². The van der Waals surface area contributed by atoms with Crippen LogP contribution in [0.4, 0.5) is 0 Å². The van der Waals surface area contributed by atoms with Crippen molar-refractivity contribution in [2.75, 3.05) is 7.11 Å². The fraction of sp³-hybridized carbons (Fsp3) is 0.100. The zero-order valence-corrected chi connectivity index (χ0v) is 16.1. The van der Waals surface area contributed by atoms with Crippen molar-refractivity contribution in [1.29, 1.82) is 0 Å². The fourth-order valence-corrected chi connectivity index (χ4v) is 3.86. The number of benzene rings is 2. The van der Waals surface area contributed by atoms with E-state index in [0.717, 1.165) is 38.2 Å². The summed E-state index contributed by atoms with van der Waals surface area (Å²) in [5.74, 6) is 1.45. The van der Waals surface area contributed by atoms with Crippen LogP contribution in [0.15, 0.2) is 54.6 Å². The van der Waals surface area contributed by atoms with Gasteiger partial charge in [-0.2, -0.15) is 14.7 Å². The Bertz CT molecular complexity index is 1270. The van der Waals surface area contributed by atoms with Gasteiger partial charge in [0.2, 0.25) is 10.8 Å². The molecule has 28 heavy (non-hydrogen) atoms. The van der Waals surface area contributed by atoms with Crippen LogP contribution in [0.1, 0.15) is 5.56 Å². The molecule has 1 N–H and O–H groups in total. The summed E-state index contributed by atoms with van der Waals surface area (Å²) in [4.78, 5) is 0.743. The average molecular weight is 388 g/mol. The number of methoxy groups -OCH3 is 1. The first-order chi connectivity index (χ1) is 13.7. The van der Waals surface area contributed by atoms with Gasteiger partial charge < -0.3 is 4.74 Å². The number of aryl methyl sites for hydroxylation is 1. The van der Waals surface area contributed by atoms with Gasteiger partial charge in [0.15, 0.2) is 0 Å². The minimum absolute atomic E-state index is 0.636. The molecule has 2 aromatic carbocycles. The molecule has 0 atom stereocenters. The van der Waals surface area contributed by atoms with Gasteiger partial charge in [-0.05, 0) is 43.3 Å². The SMILES string of the molecule is COc1ccc(-c2cc(-c3nnc4sc(-c5cccc(C)c5)nn34)[nH]n2)cc1. The van der Waals surface area contributed by atoms with Crippen molar-refractivity contribution in [2.45, 2.75) is 6.92 Å². The monoisotopic (exact) mass is 388 g/mol. The molecule has 0 aliphatic heterocycles. The van der Waals surface area contributed by atoms with Gasteiger partial charge in [0.05, 0.1) is 12.8 Å². The van der Waals surface area contributed by atoms with Gasteiger partial charge in [-0.25, -0.2) is 0 Å². The van der Waals surface area contributed by atoms with E-state index in [2.05, 4.69) is 45.5 Å². The first kappa shape index (κ1) is 16.6. The first-order valence-electron chi connectivity index (χ1n) is 8.71. The lowest BCUT2D eigenvalue weighted by Crippen LogP contribution is -1.91. The van der Waals surface area contributed by atoms with E-state index in [0.29, 0.717) is 5.82 Å². The van der Waals surface area contributed by atoms with E-state index in [1.54, 1.807) is 11.6 Å². The lowest BCUT2D eigenvalue weighted by atomic mass is 10.1. The summed E-state index contributed by atoms with van der Waals surface area (Å²) in [5.41, 5.74) is 4.84. The molecule has 5 aromatic rings. The van der Waals surface area contributed by atoms with Crippen molar-refractivity contribution in [2.24, 2.45) is 0 Å². The maximum atomic E-state index is 5.21. The highest BCUT2D eigenvalue weighted by molar-refractivity contribution is 7.19. The quantitative estimate of drug-likeness (QED) is 0.498. The Morgan fingerprint density at radius 3 is 2.64 bits per heavy atom. The molecule has 0 radical (unpaired) electrons. The van der Waals surface area contributed by atoms with E-state index in [9.17, 15) is 0 Å². The van der Waals surface area contributed by atoms with E-state index in [1.165, 1.54) is 16.9 Å². The van der Waals surface area contributed by atoms with E-state index in [-0.39, 0.29) is 0 Å². The van der Waals surface area contributed by atoms with Gasteiger partial charge in [-0.1, -0.05) is 35.1 Å². The number of aromatic amines is 1. The minimum atomic E-state index is 0.636. The molecule has 0 saturated heterocycles. The van der Waals surface area contributed by atoms with Crippen molar-refractivity contribution < 1.29 is 4.74 Å². The number of nitrogens with one attached hydrogen (secondary N) is 1. The van der Waals surface area contributed by atoms with Crippen LogP contribution in [0.2, 0.25) is 0 Å². The highest BCUT2D eigenvalue weighted by atomic mass is 32.1. The van der Waals surface area contributed by atoms with Crippen LogP contribution in [0.25, 0.3) is 38.3 Å². The lowest BCUT2D eigenvalue weighted by molar-refractivity contribution is 0.415. The van der Waals surface area contributed by atoms with Crippen LogP contribution >= 0.6 is 11.3 Å². The van der Waals surface area contributed by atoms with E-state index < -0.39 is 0 Å². The summed E-state index contributed by atoms with van der Waals surface area (Å²) < 4.78 is 6.96. The number of ether oxygens (including phenoxy) is 1. The maximum Gasteiger partial charge on any atom is 0.235 e. The summed E-state index contributed by atoms with van der Waals surface area (Å²) >= 11 is 1.51. The van der Waals surface area contributed by atoms with Crippen molar-refractivity contribution in [3.05, 3.63) is 60.2 Å². The topological polar surface area (TPSA) is 81.0 Å². The van der Waals surface area contributed by atoms with E-state index >= 15 is 0 Å². The molecule has 7 nitrogen and oxygen atoms in total. The molecule has 5 rings (SSSR count). The minimum Gasteiger partial charge on any atom is -0.497 e. The van der Waals surface area contributed by atoms with Crippen molar-refractivity contribution in [3.63, 3.8) is 0 Å². The van der Waals surface area contributed by atoms with Crippen LogP contribution in [-0.4, -0.2) is 37.1 Å². The highest BCUT2D eigenvalue weighted by Crippen LogP contribution is 2.29. The number of H-pyrrole nitrogens is 1. The zero-order chi connectivity index (χ0) is 19.1. The van der Waals surface area contributed by atoms with Crippen LogP contribution in [0.3, 0.4) is 0 Å². The molecule has 0 amide bonds. The molecule has 0 aliphatic rings. The van der Waals surface area contributed by atoms with Gasteiger partial charge in [0.1, 0.15) is 16.5 Å². The molecule has 0 aliphatic carbocycles. The third-order valence-corrected chi connectivity index (χ3v) is 5.41. The second-order valence-corrected chi connectivity index (χ2v) is 7.35. The van der Waals surface area contributed by atoms with E-state index in [1.807, 2.05) is 36.4 Å². The van der Waals surface area contributed by atoms with Gasteiger partial charge >= 0.3 is 0 Å². The Morgan fingerprint density at radius 1 is 1.00 bits per heavy atom. The average Bonchev–Trinajstić information content (AvgIpc) is 3.43. The maximum absolute atomic E-state index is 5.21. The molecule has 8 heteroatoms.